The molecule has 72 heavy (non-hydrogen) atoms. The van der Waals surface area contributed by atoms with Crippen molar-refractivity contribution in [2.75, 3.05) is 0 Å². The van der Waals surface area contributed by atoms with E-state index in [1.165, 1.54) is 6.07 Å². The Hall–Kier alpha value is -10.7. The normalized spacial score (nSPS) is 11.2. The molecule has 0 aliphatic carbocycles. The van der Waals surface area contributed by atoms with E-state index in [0.29, 0.717) is 72.9 Å². The quantitative estimate of drug-likeness (QED) is 0.156. The minimum absolute atomic E-state index is 0.174. The van der Waals surface area contributed by atoms with Gasteiger partial charge in [-0.1, -0.05) is 91.0 Å². The molecule has 0 bridgehead atoms. The van der Waals surface area contributed by atoms with Gasteiger partial charge in [0.1, 0.15) is 0 Å². The number of hydrogen-bond acceptors (Lipinski definition) is 2. The van der Waals surface area contributed by atoms with E-state index >= 15 is 0 Å². The first kappa shape index (κ1) is 43.9. The molecular formula is C61H29F3N8. The Morgan fingerprint density at radius 2 is 0.889 bits per heavy atom. The van der Waals surface area contributed by atoms with Gasteiger partial charge in [0, 0.05) is 32.7 Å². The highest BCUT2D eigenvalue weighted by Gasteiger charge is 2.31. The first-order valence-electron chi connectivity index (χ1n) is 22.2. The minimum Gasteiger partial charge on any atom is -0.309 e. The standard InChI is InChI=1S/C61H29F3N8/c1-67-44-17-22-60(72-56-12-8-6-9-48(56)50-28-38(13-19-58(50)72)41-24-36(34-65)23-37(25-41)35-66)53(33-44)52-30-40(47-18-16-43(61(62,63)64)31-54(47)70-4)15-21-59(52)71-55-11-7-5-10-49(55)51-29-39(14-20-57(51)71)42-26-45(68-2)32-46(27-42)69-3/h5-33H. The molecule has 0 amide bonds. The van der Waals surface area contributed by atoms with Gasteiger partial charge in [-0.3, -0.25) is 0 Å². The van der Waals surface area contributed by atoms with E-state index in [0.717, 1.165) is 66.9 Å². The Labute approximate surface area is 410 Å². The summed E-state index contributed by atoms with van der Waals surface area (Å²) in [5, 5.41) is 23.2. The predicted molar refractivity (Wildman–Crippen MR) is 276 cm³/mol. The summed E-state index contributed by atoms with van der Waals surface area (Å²) in [5.74, 6) is 0. The third-order valence-electron chi connectivity index (χ3n) is 13.0. The molecular weight excluding hydrogens is 902 g/mol. The fourth-order valence-corrected chi connectivity index (χ4v) is 9.80. The molecule has 9 aromatic carbocycles. The van der Waals surface area contributed by atoms with E-state index in [9.17, 15) is 23.7 Å². The van der Waals surface area contributed by atoms with E-state index < -0.39 is 11.7 Å². The number of hydrogen-bond donors (Lipinski definition) is 0. The number of nitriles is 2. The summed E-state index contributed by atoms with van der Waals surface area (Å²) in [6.07, 6.45) is -4.67. The maximum absolute atomic E-state index is 14.0. The van der Waals surface area contributed by atoms with Gasteiger partial charge in [-0.25, -0.2) is 19.4 Å². The van der Waals surface area contributed by atoms with Gasteiger partial charge in [-0.05, 0) is 124 Å². The van der Waals surface area contributed by atoms with E-state index in [1.807, 2.05) is 109 Å². The van der Waals surface area contributed by atoms with Crippen molar-refractivity contribution in [3.8, 4) is 68.0 Å². The Balaban J connectivity index is 1.21. The van der Waals surface area contributed by atoms with Gasteiger partial charge < -0.3 is 9.13 Å². The molecule has 2 heterocycles. The van der Waals surface area contributed by atoms with Gasteiger partial charge >= 0.3 is 6.18 Å². The van der Waals surface area contributed by atoms with Crippen LogP contribution in [-0.4, -0.2) is 9.13 Å². The van der Waals surface area contributed by atoms with E-state index in [1.54, 1.807) is 48.5 Å². The van der Waals surface area contributed by atoms with Crippen LogP contribution in [0.25, 0.3) is 119 Å². The Kier molecular flexibility index (Phi) is 10.4. The molecule has 334 valence electrons. The Morgan fingerprint density at radius 3 is 1.42 bits per heavy atom. The Bertz CT molecular complexity index is 4350. The van der Waals surface area contributed by atoms with Crippen LogP contribution in [0.2, 0.25) is 0 Å². The summed E-state index contributed by atoms with van der Waals surface area (Å²) in [6.45, 7) is 31.6. The maximum atomic E-state index is 14.0. The number of alkyl halides is 3. The zero-order valence-electron chi connectivity index (χ0n) is 37.5. The molecule has 2 aromatic heterocycles. The zero-order chi connectivity index (χ0) is 49.8. The van der Waals surface area contributed by atoms with Crippen molar-refractivity contribution < 1.29 is 13.2 Å². The number of aromatic nitrogens is 2. The van der Waals surface area contributed by atoms with Crippen LogP contribution in [0.15, 0.2) is 176 Å². The highest BCUT2D eigenvalue weighted by atomic mass is 19.4. The molecule has 8 nitrogen and oxygen atoms in total. The van der Waals surface area contributed by atoms with Crippen molar-refractivity contribution in [3.63, 3.8) is 0 Å². The second kappa shape index (κ2) is 17.1. The van der Waals surface area contributed by atoms with Gasteiger partial charge in [-0.15, -0.1) is 0 Å². The molecule has 0 saturated carbocycles. The minimum atomic E-state index is -4.67. The molecule has 0 N–H and O–H groups in total. The summed E-state index contributed by atoms with van der Waals surface area (Å²) >= 11 is 0. The van der Waals surface area contributed by atoms with Crippen molar-refractivity contribution in [3.05, 3.63) is 238 Å². The fourth-order valence-electron chi connectivity index (χ4n) is 9.80. The highest BCUT2D eigenvalue weighted by Crippen LogP contribution is 2.46. The van der Waals surface area contributed by atoms with E-state index in [4.69, 9.17) is 26.3 Å². The van der Waals surface area contributed by atoms with Gasteiger partial charge in [-0.2, -0.15) is 23.7 Å². The van der Waals surface area contributed by atoms with Crippen LogP contribution in [0, 0.1) is 49.0 Å². The molecule has 0 spiro atoms. The highest BCUT2D eigenvalue weighted by molar-refractivity contribution is 6.13. The number of para-hydroxylation sites is 2. The fraction of sp³-hybridized carbons (Fsp3) is 0.0164. The average molecular weight is 931 g/mol. The summed E-state index contributed by atoms with van der Waals surface area (Å²) in [4.78, 5) is 14.7. The van der Waals surface area contributed by atoms with Crippen molar-refractivity contribution in [1.29, 1.82) is 10.5 Å². The molecule has 0 saturated heterocycles. The van der Waals surface area contributed by atoms with Gasteiger partial charge in [0.2, 0.25) is 0 Å². The Morgan fingerprint density at radius 1 is 0.389 bits per heavy atom. The van der Waals surface area contributed by atoms with E-state index in [2.05, 4.69) is 40.7 Å². The van der Waals surface area contributed by atoms with E-state index in [-0.39, 0.29) is 5.69 Å². The van der Waals surface area contributed by atoms with Crippen LogP contribution >= 0.6 is 0 Å². The summed E-state index contributed by atoms with van der Waals surface area (Å²) < 4.78 is 46.4. The summed E-state index contributed by atoms with van der Waals surface area (Å²) in [6, 6.07) is 56.4. The van der Waals surface area contributed by atoms with Gasteiger partial charge in [0.25, 0.3) is 0 Å². The second-order valence-corrected chi connectivity index (χ2v) is 17.0. The molecule has 0 aliphatic rings. The lowest BCUT2D eigenvalue weighted by Gasteiger charge is -2.21. The van der Waals surface area contributed by atoms with Crippen molar-refractivity contribution >= 4 is 66.4 Å². The lowest BCUT2D eigenvalue weighted by molar-refractivity contribution is -0.137. The molecule has 0 aliphatic heterocycles. The number of nitrogens with zero attached hydrogens (tertiary/aromatic N) is 8. The molecule has 0 fully saturated rings. The summed E-state index contributed by atoms with van der Waals surface area (Å²) in [5.41, 5.74) is 10.3. The third-order valence-corrected chi connectivity index (χ3v) is 13.0. The molecule has 11 heteroatoms. The van der Waals surface area contributed by atoms with Crippen LogP contribution in [0.5, 0.6) is 0 Å². The van der Waals surface area contributed by atoms with Gasteiger partial charge in [0.05, 0.1) is 83.0 Å². The van der Waals surface area contributed by atoms with Crippen LogP contribution in [0.4, 0.5) is 35.9 Å². The molecule has 0 atom stereocenters. The monoisotopic (exact) mass is 930 g/mol. The predicted octanol–water partition coefficient (Wildman–Crippen LogP) is 17.5. The topological polar surface area (TPSA) is 74.9 Å². The third kappa shape index (κ3) is 7.29. The first-order chi connectivity index (χ1) is 35.0. The number of fused-ring (bicyclic) bond motifs is 6. The summed E-state index contributed by atoms with van der Waals surface area (Å²) in [7, 11) is 0. The maximum Gasteiger partial charge on any atom is 0.415 e. The first-order valence-corrected chi connectivity index (χ1v) is 22.2. The number of benzene rings is 9. The van der Waals surface area contributed by atoms with Crippen molar-refractivity contribution in [2.45, 2.75) is 6.18 Å². The number of halogens is 3. The van der Waals surface area contributed by atoms with Crippen LogP contribution in [0.3, 0.4) is 0 Å². The molecule has 0 unspecified atom stereocenters. The largest absolute Gasteiger partial charge is 0.415 e. The van der Waals surface area contributed by atoms with Crippen LogP contribution in [0.1, 0.15) is 16.7 Å². The zero-order valence-corrected chi connectivity index (χ0v) is 37.5. The smallest absolute Gasteiger partial charge is 0.309 e. The van der Waals surface area contributed by atoms with Crippen LogP contribution < -0.4 is 0 Å². The van der Waals surface area contributed by atoms with Gasteiger partial charge in [0.15, 0.2) is 22.7 Å². The molecule has 11 aromatic rings. The average Bonchev–Trinajstić information content (AvgIpc) is 3.93. The van der Waals surface area contributed by atoms with Crippen LogP contribution in [-0.2, 0) is 6.18 Å². The SMILES string of the molecule is [C-]#[N+]c1cc([N+]#[C-])cc(-c2ccc3c(c2)c2ccccc2n3-c2ccc(-c3ccc(C(F)(F)F)cc3[N+]#[C-])cc2-c2cc([N+]#[C-])ccc2-n2c3ccccc3c3cc(-c4cc(C#N)cc(C#N)c4)ccc32)c1. The van der Waals surface area contributed by atoms with Crippen molar-refractivity contribution in [2.24, 2.45) is 0 Å². The second-order valence-electron chi connectivity index (χ2n) is 17.0. The lowest BCUT2D eigenvalue weighted by atomic mass is 9.94. The number of rotatable bonds is 6. The van der Waals surface area contributed by atoms with Crippen molar-refractivity contribution in [1.82, 2.24) is 9.13 Å². The molecule has 11 rings (SSSR count). The molecule has 0 radical (unpaired) electrons. The lowest BCUT2D eigenvalue weighted by Crippen LogP contribution is -2.04.